The van der Waals surface area contributed by atoms with Crippen molar-refractivity contribution in [1.29, 1.82) is 0 Å². The summed E-state index contributed by atoms with van der Waals surface area (Å²) in [6.45, 7) is 1.07. The SMILES string of the molecule is Cn1nc(C2CCCC2)cc1C(=O)N1CC(C2CC(=O)NC2=O)C1. The lowest BCUT2D eigenvalue weighted by atomic mass is 9.84. The van der Waals surface area contributed by atoms with Crippen molar-refractivity contribution in [2.75, 3.05) is 13.1 Å². The first-order valence-electron chi connectivity index (χ1n) is 8.70. The predicted octanol–water partition coefficient (Wildman–Crippen LogP) is 0.812. The molecule has 1 aliphatic carbocycles. The second kappa shape index (κ2) is 5.72. The van der Waals surface area contributed by atoms with E-state index in [1.165, 1.54) is 12.8 Å². The number of carbonyl (C=O) groups excluding carboxylic acids is 3. The van der Waals surface area contributed by atoms with E-state index in [9.17, 15) is 14.4 Å². The van der Waals surface area contributed by atoms with Crippen molar-refractivity contribution in [3.05, 3.63) is 17.5 Å². The van der Waals surface area contributed by atoms with Crippen LogP contribution in [0.2, 0.25) is 0 Å². The molecule has 0 bridgehead atoms. The molecule has 0 spiro atoms. The third-order valence-electron chi connectivity index (χ3n) is 5.66. The number of carbonyl (C=O) groups is 3. The molecule has 3 fully saturated rings. The fraction of sp³-hybridized carbons (Fsp3) is 0.647. The summed E-state index contributed by atoms with van der Waals surface area (Å²) in [4.78, 5) is 37.4. The minimum absolute atomic E-state index is 0.0322. The maximum atomic E-state index is 12.7. The molecule has 1 aromatic rings. The summed E-state index contributed by atoms with van der Waals surface area (Å²) in [5.74, 6) is -0.140. The Morgan fingerprint density at radius 3 is 2.58 bits per heavy atom. The maximum absolute atomic E-state index is 12.7. The van der Waals surface area contributed by atoms with Crippen LogP contribution in [0.25, 0.3) is 0 Å². The van der Waals surface area contributed by atoms with Crippen molar-refractivity contribution in [2.45, 2.75) is 38.0 Å². The molecule has 3 heterocycles. The summed E-state index contributed by atoms with van der Waals surface area (Å²) in [5, 5.41) is 6.87. The summed E-state index contributed by atoms with van der Waals surface area (Å²) in [7, 11) is 1.81. The normalized spacial score (nSPS) is 25.2. The molecule has 2 saturated heterocycles. The van der Waals surface area contributed by atoms with Gasteiger partial charge in [0, 0.05) is 38.4 Å². The Morgan fingerprint density at radius 1 is 1.25 bits per heavy atom. The number of hydrogen-bond acceptors (Lipinski definition) is 4. The predicted molar refractivity (Wildman–Crippen MR) is 85.1 cm³/mol. The Kier molecular flexibility index (Phi) is 3.66. The average molecular weight is 330 g/mol. The monoisotopic (exact) mass is 330 g/mol. The van der Waals surface area contributed by atoms with Crippen molar-refractivity contribution in [1.82, 2.24) is 20.0 Å². The molecule has 3 amide bonds. The van der Waals surface area contributed by atoms with Gasteiger partial charge in [0.15, 0.2) is 0 Å². The smallest absolute Gasteiger partial charge is 0.272 e. The quantitative estimate of drug-likeness (QED) is 0.831. The van der Waals surface area contributed by atoms with Gasteiger partial charge in [-0.2, -0.15) is 5.10 Å². The molecule has 1 N–H and O–H groups in total. The molecule has 0 radical (unpaired) electrons. The second-order valence-corrected chi connectivity index (χ2v) is 7.25. The summed E-state index contributed by atoms with van der Waals surface area (Å²) in [5.41, 5.74) is 1.64. The van der Waals surface area contributed by atoms with E-state index in [0.717, 1.165) is 18.5 Å². The third-order valence-corrected chi connectivity index (χ3v) is 5.66. The van der Waals surface area contributed by atoms with Crippen LogP contribution in [-0.4, -0.2) is 45.5 Å². The lowest BCUT2D eigenvalue weighted by Crippen LogP contribution is -2.54. The van der Waals surface area contributed by atoms with Crippen LogP contribution in [-0.2, 0) is 16.6 Å². The first-order chi connectivity index (χ1) is 11.5. The number of nitrogens with zero attached hydrogens (tertiary/aromatic N) is 3. The van der Waals surface area contributed by atoms with E-state index in [2.05, 4.69) is 10.4 Å². The molecule has 7 heteroatoms. The Balaban J connectivity index is 1.40. The van der Waals surface area contributed by atoms with Crippen LogP contribution in [0.15, 0.2) is 6.07 Å². The Morgan fingerprint density at radius 2 is 1.96 bits per heavy atom. The number of imide groups is 1. The van der Waals surface area contributed by atoms with Crippen LogP contribution in [0.3, 0.4) is 0 Å². The van der Waals surface area contributed by atoms with Crippen LogP contribution in [0.4, 0.5) is 0 Å². The van der Waals surface area contributed by atoms with Gasteiger partial charge in [-0.3, -0.25) is 24.4 Å². The number of amides is 3. The minimum atomic E-state index is -0.276. The number of nitrogens with one attached hydrogen (secondary N) is 1. The van der Waals surface area contributed by atoms with Gasteiger partial charge >= 0.3 is 0 Å². The van der Waals surface area contributed by atoms with Gasteiger partial charge in [0.05, 0.1) is 11.6 Å². The number of rotatable bonds is 3. The largest absolute Gasteiger partial charge is 0.337 e. The number of likely N-dealkylation sites (tertiary alicyclic amines) is 1. The molecule has 1 unspecified atom stereocenters. The van der Waals surface area contributed by atoms with E-state index < -0.39 is 0 Å². The van der Waals surface area contributed by atoms with Crippen molar-refractivity contribution in [2.24, 2.45) is 18.9 Å². The van der Waals surface area contributed by atoms with Gasteiger partial charge in [0.2, 0.25) is 11.8 Å². The van der Waals surface area contributed by atoms with E-state index >= 15 is 0 Å². The van der Waals surface area contributed by atoms with Gasteiger partial charge in [-0.25, -0.2) is 0 Å². The number of aromatic nitrogens is 2. The van der Waals surface area contributed by atoms with Crippen molar-refractivity contribution in [3.63, 3.8) is 0 Å². The summed E-state index contributed by atoms with van der Waals surface area (Å²) in [6, 6.07) is 1.93. The standard InChI is InChI=1S/C17H22N4O3/c1-20-14(7-13(19-20)10-4-2-3-5-10)17(24)21-8-11(9-21)12-6-15(22)18-16(12)23/h7,10-12H,2-6,8-9H2,1H3,(H,18,22,23). The molecule has 128 valence electrons. The van der Waals surface area contributed by atoms with Gasteiger partial charge in [0.1, 0.15) is 5.69 Å². The third kappa shape index (κ3) is 2.52. The average Bonchev–Trinajstić information content (AvgIpc) is 3.18. The fourth-order valence-electron chi connectivity index (χ4n) is 4.16. The maximum Gasteiger partial charge on any atom is 0.272 e. The Bertz CT molecular complexity index is 699. The van der Waals surface area contributed by atoms with E-state index in [4.69, 9.17) is 0 Å². The molecule has 1 atom stereocenters. The van der Waals surface area contributed by atoms with Crippen LogP contribution in [0, 0.1) is 11.8 Å². The number of aryl methyl sites for hydroxylation is 1. The van der Waals surface area contributed by atoms with Crippen LogP contribution >= 0.6 is 0 Å². The minimum Gasteiger partial charge on any atom is -0.337 e. The topological polar surface area (TPSA) is 84.3 Å². The zero-order chi connectivity index (χ0) is 16.8. The highest BCUT2D eigenvalue weighted by Gasteiger charge is 2.44. The highest BCUT2D eigenvalue weighted by Crippen LogP contribution is 2.34. The van der Waals surface area contributed by atoms with Crippen LogP contribution < -0.4 is 5.32 Å². The Labute approximate surface area is 140 Å². The highest BCUT2D eigenvalue weighted by molar-refractivity contribution is 6.03. The molecule has 24 heavy (non-hydrogen) atoms. The first kappa shape index (κ1) is 15.4. The lowest BCUT2D eigenvalue weighted by molar-refractivity contribution is -0.127. The molecular weight excluding hydrogens is 308 g/mol. The van der Waals surface area contributed by atoms with E-state index in [1.54, 1.807) is 9.58 Å². The molecule has 7 nitrogen and oxygen atoms in total. The zero-order valence-corrected chi connectivity index (χ0v) is 13.8. The molecule has 0 aromatic carbocycles. The van der Waals surface area contributed by atoms with Gasteiger partial charge in [-0.1, -0.05) is 12.8 Å². The molecule has 4 rings (SSSR count). The first-order valence-corrected chi connectivity index (χ1v) is 8.70. The summed E-state index contributed by atoms with van der Waals surface area (Å²) >= 11 is 0. The van der Waals surface area contributed by atoms with E-state index in [1.807, 2.05) is 13.1 Å². The van der Waals surface area contributed by atoms with Crippen molar-refractivity contribution >= 4 is 17.7 Å². The summed E-state index contributed by atoms with van der Waals surface area (Å²) < 4.78 is 1.68. The fourth-order valence-corrected chi connectivity index (χ4v) is 4.16. The van der Waals surface area contributed by atoms with Crippen LogP contribution in [0.5, 0.6) is 0 Å². The lowest BCUT2D eigenvalue weighted by Gasteiger charge is -2.41. The molecule has 1 aromatic heterocycles. The molecular formula is C17H22N4O3. The zero-order valence-electron chi connectivity index (χ0n) is 13.8. The van der Waals surface area contributed by atoms with Crippen LogP contribution in [0.1, 0.15) is 54.2 Å². The van der Waals surface area contributed by atoms with Crippen molar-refractivity contribution < 1.29 is 14.4 Å². The van der Waals surface area contributed by atoms with E-state index in [0.29, 0.717) is 24.7 Å². The van der Waals surface area contributed by atoms with Crippen molar-refractivity contribution in [3.8, 4) is 0 Å². The van der Waals surface area contributed by atoms with Gasteiger partial charge in [-0.15, -0.1) is 0 Å². The number of hydrogen-bond donors (Lipinski definition) is 1. The molecule has 1 saturated carbocycles. The van der Waals surface area contributed by atoms with Gasteiger partial charge < -0.3 is 4.90 Å². The van der Waals surface area contributed by atoms with E-state index in [-0.39, 0.29) is 36.0 Å². The van der Waals surface area contributed by atoms with Gasteiger partial charge in [-0.05, 0) is 18.9 Å². The molecule has 3 aliphatic rings. The summed E-state index contributed by atoms with van der Waals surface area (Å²) in [6.07, 6.45) is 5.03. The van der Waals surface area contributed by atoms with Gasteiger partial charge in [0.25, 0.3) is 5.91 Å². The molecule has 2 aliphatic heterocycles. The second-order valence-electron chi connectivity index (χ2n) is 7.25. The Hall–Kier alpha value is -2.18. The highest BCUT2D eigenvalue weighted by atomic mass is 16.2.